The van der Waals surface area contributed by atoms with Crippen LogP contribution in [0, 0.1) is 0 Å². The van der Waals surface area contributed by atoms with Crippen molar-refractivity contribution in [1.29, 1.82) is 0 Å². The van der Waals surface area contributed by atoms with E-state index >= 15 is 0 Å². The molecule has 0 heterocycles. The molecular weight excluding hydrogens is 512 g/mol. The van der Waals surface area contributed by atoms with E-state index in [-0.39, 0.29) is 34.3 Å². The molecule has 0 aromatic carbocycles. The van der Waals surface area contributed by atoms with Crippen molar-refractivity contribution in [3.8, 4) is 0 Å². The largest absolute Gasteiger partial charge is 2.00 e. The summed E-state index contributed by atoms with van der Waals surface area (Å²) in [4.78, 5) is 20.5. The van der Waals surface area contributed by atoms with Crippen LogP contribution in [0.5, 0.6) is 0 Å². The van der Waals surface area contributed by atoms with Crippen molar-refractivity contribution in [3.05, 3.63) is 0 Å². The molecular formula is C18H37HgO4P. The van der Waals surface area contributed by atoms with Crippen LogP contribution in [0.15, 0.2) is 0 Å². The molecule has 0 unspecified atom stereocenters. The van der Waals surface area contributed by atoms with Crippen molar-refractivity contribution in [3.63, 3.8) is 0 Å². The molecule has 0 saturated heterocycles. The molecule has 0 saturated carbocycles. The van der Waals surface area contributed by atoms with Crippen molar-refractivity contribution in [2.45, 2.75) is 110 Å². The average molecular weight is 549 g/mol. The summed E-state index contributed by atoms with van der Waals surface area (Å²) in [6, 6.07) is 0. The molecule has 24 heavy (non-hydrogen) atoms. The summed E-state index contributed by atoms with van der Waals surface area (Å²) < 4.78 is 14.4. The van der Waals surface area contributed by atoms with Crippen LogP contribution in [0.2, 0.25) is 0 Å². The van der Waals surface area contributed by atoms with Gasteiger partial charge in [0.15, 0.2) is 0 Å². The molecule has 0 rings (SSSR count). The zero-order valence-corrected chi connectivity index (χ0v) is 22.2. The minimum Gasteiger partial charge on any atom is -0.790 e. The molecule has 4 nitrogen and oxygen atoms in total. The van der Waals surface area contributed by atoms with Gasteiger partial charge in [0.1, 0.15) is 0 Å². The molecule has 0 radical (unpaired) electrons. The molecule has 0 bridgehead atoms. The Morgan fingerprint density at radius 3 is 1.21 bits per heavy atom. The van der Waals surface area contributed by atoms with Gasteiger partial charge >= 0.3 is 27.7 Å². The molecule has 0 atom stereocenters. The molecule has 0 aliphatic carbocycles. The van der Waals surface area contributed by atoms with E-state index in [2.05, 4.69) is 11.4 Å². The maximum absolute atomic E-state index is 10.2. The zero-order chi connectivity index (χ0) is 17.2. The third kappa shape index (κ3) is 25.3. The predicted molar refractivity (Wildman–Crippen MR) is 93.1 cm³/mol. The first-order valence-corrected chi connectivity index (χ1v) is 11.2. The van der Waals surface area contributed by atoms with Crippen LogP contribution < -0.4 is 9.79 Å². The van der Waals surface area contributed by atoms with E-state index in [0.717, 1.165) is 12.8 Å². The molecule has 0 N–H and O–H groups in total. The van der Waals surface area contributed by atoms with Crippen LogP contribution in [0.4, 0.5) is 0 Å². The summed E-state index contributed by atoms with van der Waals surface area (Å²) in [5, 5.41) is 0. The zero-order valence-electron chi connectivity index (χ0n) is 15.8. The third-order valence-corrected chi connectivity index (χ3v) is 4.75. The van der Waals surface area contributed by atoms with E-state index in [0.29, 0.717) is 6.42 Å². The van der Waals surface area contributed by atoms with Crippen LogP contribution in [0.3, 0.4) is 0 Å². The number of hydrogen-bond acceptors (Lipinski definition) is 4. The van der Waals surface area contributed by atoms with Gasteiger partial charge in [0.2, 0.25) is 0 Å². The molecule has 0 amide bonds. The van der Waals surface area contributed by atoms with Gasteiger partial charge in [-0.15, -0.1) is 0 Å². The second-order valence-corrected chi connectivity index (χ2v) is 7.74. The fourth-order valence-electron chi connectivity index (χ4n) is 2.83. The van der Waals surface area contributed by atoms with Gasteiger partial charge < -0.3 is 18.9 Å². The first-order valence-electron chi connectivity index (χ1n) is 9.73. The fraction of sp³-hybridized carbons (Fsp3) is 1.00. The van der Waals surface area contributed by atoms with Gasteiger partial charge in [-0.25, -0.2) is 0 Å². The van der Waals surface area contributed by atoms with Crippen LogP contribution in [0.25, 0.3) is 0 Å². The number of rotatable bonds is 18. The second-order valence-electron chi connectivity index (χ2n) is 6.58. The SMILES string of the molecule is CCCCCCCCCCCCCCCCCCOP(=O)([O-])[O-].[Hg+2]. The van der Waals surface area contributed by atoms with Gasteiger partial charge in [0.25, 0.3) is 0 Å². The van der Waals surface area contributed by atoms with Crippen LogP contribution in [-0.2, 0) is 36.8 Å². The van der Waals surface area contributed by atoms with E-state index in [9.17, 15) is 14.4 Å². The summed E-state index contributed by atoms with van der Waals surface area (Å²) in [5.41, 5.74) is 0. The molecule has 0 aliphatic rings. The molecule has 0 aromatic heterocycles. The third-order valence-electron chi connectivity index (χ3n) is 4.25. The van der Waals surface area contributed by atoms with Crippen molar-refractivity contribution >= 4 is 7.82 Å². The molecule has 0 aliphatic heterocycles. The Morgan fingerprint density at radius 2 is 0.917 bits per heavy atom. The minimum absolute atomic E-state index is 0. The summed E-state index contributed by atoms with van der Waals surface area (Å²) in [6.45, 7) is 2.30. The quantitative estimate of drug-likeness (QED) is 0.136. The Labute approximate surface area is 170 Å². The monoisotopic (exact) mass is 550 g/mol. The van der Waals surface area contributed by atoms with Crippen LogP contribution >= 0.6 is 7.82 Å². The predicted octanol–water partition coefficient (Wildman–Crippen LogP) is 5.09. The summed E-state index contributed by atoms with van der Waals surface area (Å²) in [5.74, 6) is 0. The normalized spacial score (nSPS) is 11.5. The van der Waals surface area contributed by atoms with Gasteiger partial charge in [-0.1, -0.05) is 103 Å². The topological polar surface area (TPSA) is 72.4 Å². The Balaban J connectivity index is 0. The smallest absolute Gasteiger partial charge is 0.790 e. The Kier molecular flexibility index (Phi) is 23.1. The first kappa shape index (κ1) is 27.3. The summed E-state index contributed by atoms with van der Waals surface area (Å²) in [6.07, 6.45) is 20.3. The van der Waals surface area contributed by atoms with E-state index in [4.69, 9.17) is 0 Å². The fourth-order valence-corrected chi connectivity index (χ4v) is 3.18. The molecule has 0 aromatic rings. The Morgan fingerprint density at radius 1 is 0.625 bits per heavy atom. The number of phosphoric acid groups is 1. The van der Waals surface area contributed by atoms with Gasteiger partial charge in [-0.05, 0) is 6.42 Å². The van der Waals surface area contributed by atoms with Crippen LogP contribution in [0.1, 0.15) is 110 Å². The van der Waals surface area contributed by atoms with Gasteiger partial charge in [-0.2, -0.15) is 0 Å². The van der Waals surface area contributed by atoms with Gasteiger partial charge in [0, 0.05) is 0 Å². The Bertz CT molecular complexity index is 284. The van der Waals surface area contributed by atoms with Gasteiger partial charge in [-0.3, -0.25) is 0 Å². The minimum atomic E-state index is -4.76. The van der Waals surface area contributed by atoms with E-state index < -0.39 is 7.82 Å². The summed E-state index contributed by atoms with van der Waals surface area (Å²) >= 11 is 0. The standard InChI is InChI=1S/C18H39O4P.Hg/c1-2-3-4-5-6-7-8-9-10-11-12-13-14-15-16-17-18-22-23(19,20)21;/h2-18H2,1H3,(H2,19,20,21);/q;+2/p-2. The Hall–Kier alpha value is 1.05. The van der Waals surface area contributed by atoms with Crippen molar-refractivity contribution in [1.82, 2.24) is 0 Å². The maximum Gasteiger partial charge on any atom is 2.00 e. The molecule has 0 spiro atoms. The van der Waals surface area contributed by atoms with Crippen molar-refractivity contribution < 1.29 is 46.5 Å². The van der Waals surface area contributed by atoms with Crippen molar-refractivity contribution in [2.75, 3.05) is 6.61 Å². The number of unbranched alkanes of at least 4 members (excludes halogenated alkanes) is 15. The second kappa shape index (κ2) is 20.4. The van der Waals surface area contributed by atoms with Crippen molar-refractivity contribution in [2.24, 2.45) is 0 Å². The molecule has 140 valence electrons. The van der Waals surface area contributed by atoms with Gasteiger partial charge in [0.05, 0.1) is 14.4 Å². The number of phosphoric ester groups is 1. The molecule has 6 heteroatoms. The summed E-state index contributed by atoms with van der Waals surface area (Å²) in [7, 11) is -4.76. The number of hydrogen-bond donors (Lipinski definition) is 0. The van der Waals surface area contributed by atoms with Crippen LogP contribution in [-0.4, -0.2) is 6.61 Å². The van der Waals surface area contributed by atoms with E-state index in [1.54, 1.807) is 0 Å². The average Bonchev–Trinajstić information content (AvgIpc) is 2.49. The van der Waals surface area contributed by atoms with E-state index in [1.807, 2.05) is 0 Å². The first-order chi connectivity index (χ1) is 11.1. The molecule has 0 fully saturated rings. The van der Waals surface area contributed by atoms with E-state index in [1.165, 1.54) is 83.5 Å². The maximum atomic E-state index is 10.2.